The molecule has 0 radical (unpaired) electrons. The minimum atomic E-state index is 0.0170. The molecule has 6 heteroatoms. The monoisotopic (exact) mass is 324 g/mol. The van der Waals surface area contributed by atoms with Crippen LogP contribution in [0.1, 0.15) is 11.5 Å². The molecule has 1 heterocycles. The summed E-state index contributed by atoms with van der Waals surface area (Å²) in [5, 5.41) is 0.591. The van der Waals surface area contributed by atoms with Crippen LogP contribution in [-0.4, -0.2) is 23.6 Å². The van der Waals surface area contributed by atoms with Crippen LogP contribution in [0.25, 0.3) is 0 Å². The number of carbonyl (C=O) groups excluding carboxylic acids is 1. The fourth-order valence-corrected chi connectivity index (χ4v) is 2.86. The molecule has 0 unspecified atom stereocenters. The van der Waals surface area contributed by atoms with E-state index < -0.39 is 0 Å². The standard InChI is InChI=1S/C15H17ClN2O2S/c1-10-3-5-12(20-10)8-18(2)15(19)9-21-14-6-4-11(16)7-13(14)17/h3-7H,8-9,17H2,1-2H3. The molecule has 2 rings (SSSR count). The Morgan fingerprint density at radius 2 is 2.14 bits per heavy atom. The van der Waals surface area contributed by atoms with Crippen LogP contribution in [0.5, 0.6) is 0 Å². The van der Waals surface area contributed by atoms with Crippen LogP contribution in [0.15, 0.2) is 39.6 Å². The zero-order chi connectivity index (χ0) is 15.4. The molecule has 0 spiro atoms. The SMILES string of the molecule is Cc1ccc(CN(C)C(=O)CSc2ccc(Cl)cc2N)o1. The maximum Gasteiger partial charge on any atom is 0.233 e. The van der Waals surface area contributed by atoms with Crippen molar-refractivity contribution in [2.45, 2.75) is 18.4 Å². The third-order valence-corrected chi connectivity index (χ3v) is 4.25. The van der Waals surface area contributed by atoms with Gasteiger partial charge in [-0.15, -0.1) is 11.8 Å². The van der Waals surface area contributed by atoms with Gasteiger partial charge in [0.2, 0.25) is 5.91 Å². The molecule has 0 atom stereocenters. The van der Waals surface area contributed by atoms with Crippen molar-refractivity contribution in [1.82, 2.24) is 4.90 Å². The number of carbonyl (C=O) groups is 1. The molecule has 2 N–H and O–H groups in total. The molecule has 0 saturated heterocycles. The quantitative estimate of drug-likeness (QED) is 0.674. The van der Waals surface area contributed by atoms with Gasteiger partial charge < -0.3 is 15.1 Å². The lowest BCUT2D eigenvalue weighted by Gasteiger charge is -2.15. The van der Waals surface area contributed by atoms with Gasteiger partial charge in [-0.1, -0.05) is 11.6 Å². The van der Waals surface area contributed by atoms with Crippen LogP contribution in [0.3, 0.4) is 0 Å². The van der Waals surface area contributed by atoms with Crippen molar-refractivity contribution in [3.63, 3.8) is 0 Å². The van der Waals surface area contributed by atoms with Gasteiger partial charge in [0.25, 0.3) is 0 Å². The van der Waals surface area contributed by atoms with E-state index in [-0.39, 0.29) is 5.91 Å². The summed E-state index contributed by atoms with van der Waals surface area (Å²) in [6.45, 7) is 2.34. The Balaban J connectivity index is 1.89. The van der Waals surface area contributed by atoms with E-state index in [0.29, 0.717) is 23.0 Å². The predicted octanol–water partition coefficient (Wildman–Crippen LogP) is 3.57. The number of aryl methyl sites for hydroxylation is 1. The minimum Gasteiger partial charge on any atom is -0.464 e. The van der Waals surface area contributed by atoms with Gasteiger partial charge in [-0.3, -0.25) is 4.79 Å². The van der Waals surface area contributed by atoms with E-state index in [0.717, 1.165) is 16.4 Å². The zero-order valence-corrected chi connectivity index (χ0v) is 13.5. The molecular formula is C15H17ClN2O2S. The molecule has 0 saturated carbocycles. The number of nitrogens with two attached hydrogens (primary N) is 1. The van der Waals surface area contributed by atoms with Crippen LogP contribution in [-0.2, 0) is 11.3 Å². The van der Waals surface area contributed by atoms with Crippen LogP contribution < -0.4 is 5.73 Å². The molecule has 0 aliphatic carbocycles. The first-order valence-electron chi connectivity index (χ1n) is 6.43. The van der Waals surface area contributed by atoms with Crippen molar-refractivity contribution >= 4 is 35.0 Å². The molecule has 112 valence electrons. The van der Waals surface area contributed by atoms with Crippen molar-refractivity contribution in [1.29, 1.82) is 0 Å². The number of rotatable bonds is 5. The van der Waals surface area contributed by atoms with Crippen molar-refractivity contribution in [2.75, 3.05) is 18.5 Å². The number of nitrogen functional groups attached to an aromatic ring is 1. The normalized spacial score (nSPS) is 10.6. The fourth-order valence-electron chi connectivity index (χ4n) is 1.79. The van der Waals surface area contributed by atoms with E-state index in [1.807, 2.05) is 25.1 Å². The van der Waals surface area contributed by atoms with Gasteiger partial charge in [-0.25, -0.2) is 0 Å². The number of thioether (sulfide) groups is 1. The molecule has 21 heavy (non-hydrogen) atoms. The third kappa shape index (κ3) is 4.44. The average Bonchev–Trinajstić information content (AvgIpc) is 2.82. The van der Waals surface area contributed by atoms with E-state index in [2.05, 4.69) is 0 Å². The number of nitrogens with zero attached hydrogens (tertiary/aromatic N) is 1. The molecule has 1 aromatic carbocycles. The van der Waals surface area contributed by atoms with E-state index in [1.165, 1.54) is 11.8 Å². The molecular weight excluding hydrogens is 308 g/mol. The van der Waals surface area contributed by atoms with Crippen molar-refractivity contribution in [2.24, 2.45) is 0 Å². The second-order valence-electron chi connectivity index (χ2n) is 4.73. The smallest absolute Gasteiger partial charge is 0.233 e. The lowest BCUT2D eigenvalue weighted by molar-refractivity contribution is -0.127. The number of halogens is 1. The Morgan fingerprint density at radius 3 is 2.76 bits per heavy atom. The van der Waals surface area contributed by atoms with Crippen molar-refractivity contribution < 1.29 is 9.21 Å². The maximum absolute atomic E-state index is 12.1. The van der Waals surface area contributed by atoms with Gasteiger partial charge in [0.05, 0.1) is 12.3 Å². The Morgan fingerprint density at radius 1 is 1.38 bits per heavy atom. The largest absolute Gasteiger partial charge is 0.464 e. The predicted molar refractivity (Wildman–Crippen MR) is 86.5 cm³/mol. The lowest BCUT2D eigenvalue weighted by atomic mass is 10.3. The van der Waals surface area contributed by atoms with Crippen LogP contribution in [0.4, 0.5) is 5.69 Å². The fraction of sp³-hybridized carbons (Fsp3) is 0.267. The first-order chi connectivity index (χ1) is 9.95. The van der Waals surface area contributed by atoms with Crippen LogP contribution in [0.2, 0.25) is 5.02 Å². The second kappa shape index (κ2) is 6.91. The molecule has 0 bridgehead atoms. The Bertz CT molecular complexity index is 642. The maximum atomic E-state index is 12.1. The number of hydrogen-bond donors (Lipinski definition) is 1. The van der Waals surface area contributed by atoms with Gasteiger partial charge >= 0.3 is 0 Å². The van der Waals surface area contributed by atoms with E-state index in [9.17, 15) is 4.79 Å². The van der Waals surface area contributed by atoms with Gasteiger partial charge in [-0.2, -0.15) is 0 Å². The summed E-state index contributed by atoms with van der Waals surface area (Å²) in [5.41, 5.74) is 6.45. The topological polar surface area (TPSA) is 59.5 Å². The van der Waals surface area contributed by atoms with Gasteiger partial charge in [0.1, 0.15) is 11.5 Å². The summed E-state index contributed by atoms with van der Waals surface area (Å²) in [6, 6.07) is 9.04. The average molecular weight is 325 g/mol. The highest BCUT2D eigenvalue weighted by Crippen LogP contribution is 2.27. The molecule has 0 aliphatic rings. The van der Waals surface area contributed by atoms with Crippen molar-refractivity contribution in [3.05, 3.63) is 46.9 Å². The Hall–Kier alpha value is -1.59. The molecule has 1 amide bonds. The van der Waals surface area contributed by atoms with Crippen molar-refractivity contribution in [3.8, 4) is 0 Å². The molecule has 0 fully saturated rings. The van der Waals surface area contributed by atoms with E-state index >= 15 is 0 Å². The summed E-state index contributed by atoms with van der Waals surface area (Å²) in [4.78, 5) is 14.6. The summed E-state index contributed by atoms with van der Waals surface area (Å²) >= 11 is 7.25. The zero-order valence-electron chi connectivity index (χ0n) is 11.9. The summed E-state index contributed by atoms with van der Waals surface area (Å²) in [7, 11) is 1.76. The Kier molecular flexibility index (Phi) is 5.20. The van der Waals surface area contributed by atoms with Gasteiger partial charge in [0.15, 0.2) is 0 Å². The number of anilines is 1. The summed E-state index contributed by atoms with van der Waals surface area (Å²) < 4.78 is 5.46. The highest BCUT2D eigenvalue weighted by Gasteiger charge is 2.12. The summed E-state index contributed by atoms with van der Waals surface area (Å²) in [5.74, 6) is 1.96. The molecule has 2 aromatic rings. The van der Waals surface area contributed by atoms with Crippen LogP contribution in [0, 0.1) is 6.92 Å². The second-order valence-corrected chi connectivity index (χ2v) is 6.19. The first kappa shape index (κ1) is 15.8. The summed E-state index contributed by atoms with van der Waals surface area (Å²) in [6.07, 6.45) is 0. The van der Waals surface area contributed by atoms with Gasteiger partial charge in [0, 0.05) is 22.7 Å². The number of benzene rings is 1. The number of hydrogen-bond acceptors (Lipinski definition) is 4. The minimum absolute atomic E-state index is 0.0170. The number of furan rings is 1. The van der Waals surface area contributed by atoms with E-state index in [1.54, 1.807) is 24.1 Å². The lowest BCUT2D eigenvalue weighted by Crippen LogP contribution is -2.27. The number of amides is 1. The third-order valence-electron chi connectivity index (χ3n) is 2.94. The van der Waals surface area contributed by atoms with Crippen LogP contribution >= 0.6 is 23.4 Å². The first-order valence-corrected chi connectivity index (χ1v) is 7.79. The molecule has 0 aliphatic heterocycles. The van der Waals surface area contributed by atoms with Gasteiger partial charge in [-0.05, 0) is 37.3 Å². The highest BCUT2D eigenvalue weighted by atomic mass is 35.5. The highest BCUT2D eigenvalue weighted by molar-refractivity contribution is 8.00. The molecule has 1 aromatic heterocycles. The molecule has 4 nitrogen and oxygen atoms in total. The Labute approximate surface area is 133 Å². The van der Waals surface area contributed by atoms with E-state index in [4.69, 9.17) is 21.8 Å².